The first-order chi connectivity index (χ1) is 6.99. The van der Waals surface area contributed by atoms with Gasteiger partial charge in [-0.1, -0.05) is 0 Å². The van der Waals surface area contributed by atoms with Crippen LogP contribution in [-0.4, -0.2) is 32.1 Å². The molecule has 0 aromatic carbocycles. The molecule has 0 saturated carbocycles. The summed E-state index contributed by atoms with van der Waals surface area (Å²) in [6.07, 6.45) is 1.61. The lowest BCUT2D eigenvalue weighted by Crippen LogP contribution is -2.18. The van der Waals surface area contributed by atoms with Crippen LogP contribution in [0.5, 0.6) is 5.75 Å². The monoisotopic (exact) mass is 209 g/mol. The SMILES string of the molecule is COc1c(C(N)=O)ncc(N(C)C)c1C. The Kier molecular flexibility index (Phi) is 3.14. The normalized spacial score (nSPS) is 9.87. The molecule has 15 heavy (non-hydrogen) atoms. The molecule has 0 spiro atoms. The molecule has 2 N–H and O–H groups in total. The second-order valence-electron chi connectivity index (χ2n) is 3.41. The topological polar surface area (TPSA) is 68.5 Å². The Morgan fingerprint density at radius 3 is 2.53 bits per heavy atom. The van der Waals surface area contributed by atoms with Gasteiger partial charge in [-0.2, -0.15) is 0 Å². The van der Waals surface area contributed by atoms with E-state index in [1.165, 1.54) is 7.11 Å². The molecule has 0 radical (unpaired) electrons. The zero-order valence-electron chi connectivity index (χ0n) is 9.37. The van der Waals surface area contributed by atoms with E-state index < -0.39 is 5.91 Å². The maximum atomic E-state index is 11.1. The number of primary amides is 1. The van der Waals surface area contributed by atoms with Crippen molar-refractivity contribution in [1.29, 1.82) is 0 Å². The number of nitrogens with zero attached hydrogens (tertiary/aromatic N) is 2. The van der Waals surface area contributed by atoms with Crippen LogP contribution in [0.25, 0.3) is 0 Å². The largest absolute Gasteiger partial charge is 0.494 e. The molecular formula is C10H15N3O2. The van der Waals surface area contributed by atoms with Gasteiger partial charge in [0.05, 0.1) is 19.0 Å². The van der Waals surface area contributed by atoms with E-state index in [2.05, 4.69) is 4.98 Å². The molecule has 1 rings (SSSR count). The van der Waals surface area contributed by atoms with Crippen molar-refractivity contribution in [2.45, 2.75) is 6.92 Å². The Hall–Kier alpha value is -1.78. The standard InChI is InChI=1S/C10H15N3O2/c1-6-7(13(2)3)5-12-8(10(11)14)9(6)15-4/h5H,1-4H3,(H2,11,14). The number of carbonyl (C=O) groups excluding carboxylic acids is 1. The van der Waals surface area contributed by atoms with Crippen molar-refractivity contribution >= 4 is 11.6 Å². The number of rotatable bonds is 3. The van der Waals surface area contributed by atoms with Crippen molar-refractivity contribution in [3.05, 3.63) is 17.5 Å². The summed E-state index contributed by atoms with van der Waals surface area (Å²) < 4.78 is 5.14. The molecule has 82 valence electrons. The van der Waals surface area contributed by atoms with Crippen LogP contribution < -0.4 is 15.4 Å². The summed E-state index contributed by atoms with van der Waals surface area (Å²) in [5.74, 6) is -0.144. The Balaban J connectivity index is 3.39. The molecule has 0 bridgehead atoms. The van der Waals surface area contributed by atoms with Crippen LogP contribution in [0.1, 0.15) is 16.1 Å². The van der Waals surface area contributed by atoms with E-state index in [-0.39, 0.29) is 5.69 Å². The van der Waals surface area contributed by atoms with Crippen molar-refractivity contribution in [2.75, 3.05) is 26.1 Å². The first kappa shape index (κ1) is 11.3. The van der Waals surface area contributed by atoms with Gasteiger partial charge < -0.3 is 15.4 Å². The Morgan fingerprint density at radius 1 is 1.53 bits per heavy atom. The van der Waals surface area contributed by atoms with Crippen LogP contribution >= 0.6 is 0 Å². The fraction of sp³-hybridized carbons (Fsp3) is 0.400. The number of methoxy groups -OCH3 is 1. The summed E-state index contributed by atoms with van der Waals surface area (Å²) in [7, 11) is 5.29. The molecule has 0 saturated heterocycles. The Morgan fingerprint density at radius 2 is 2.13 bits per heavy atom. The summed E-state index contributed by atoms with van der Waals surface area (Å²) in [4.78, 5) is 17.0. The van der Waals surface area contributed by atoms with Crippen LogP contribution in [0.3, 0.4) is 0 Å². The highest BCUT2D eigenvalue weighted by molar-refractivity contribution is 5.94. The predicted molar refractivity (Wildman–Crippen MR) is 58.4 cm³/mol. The number of amides is 1. The molecule has 0 aliphatic rings. The minimum absolute atomic E-state index is 0.167. The van der Waals surface area contributed by atoms with Crippen LogP contribution in [-0.2, 0) is 0 Å². The van der Waals surface area contributed by atoms with Crippen LogP contribution in [0.15, 0.2) is 6.20 Å². The average molecular weight is 209 g/mol. The average Bonchev–Trinajstić information content (AvgIpc) is 2.16. The molecule has 0 aliphatic heterocycles. The molecule has 5 nitrogen and oxygen atoms in total. The summed E-state index contributed by atoms with van der Waals surface area (Å²) in [5.41, 5.74) is 7.11. The molecule has 1 amide bonds. The predicted octanol–water partition coefficient (Wildman–Crippen LogP) is 0.564. The number of hydrogen-bond donors (Lipinski definition) is 1. The number of pyridine rings is 1. The van der Waals surface area contributed by atoms with Crippen LogP contribution in [0.2, 0.25) is 0 Å². The molecule has 1 heterocycles. The fourth-order valence-electron chi connectivity index (χ4n) is 1.45. The van der Waals surface area contributed by atoms with Gasteiger partial charge >= 0.3 is 0 Å². The maximum absolute atomic E-state index is 11.1. The Labute approximate surface area is 88.9 Å². The highest BCUT2D eigenvalue weighted by Gasteiger charge is 2.16. The van der Waals surface area contributed by atoms with Gasteiger partial charge in [0.1, 0.15) is 0 Å². The highest BCUT2D eigenvalue weighted by atomic mass is 16.5. The molecule has 1 aromatic rings. The van der Waals surface area contributed by atoms with Crippen LogP contribution in [0.4, 0.5) is 5.69 Å². The summed E-state index contributed by atoms with van der Waals surface area (Å²) in [5, 5.41) is 0. The lowest BCUT2D eigenvalue weighted by atomic mass is 10.1. The number of hydrogen-bond acceptors (Lipinski definition) is 4. The molecule has 5 heteroatoms. The molecular weight excluding hydrogens is 194 g/mol. The number of anilines is 1. The smallest absolute Gasteiger partial charge is 0.271 e. The number of carbonyl (C=O) groups is 1. The van der Waals surface area contributed by atoms with E-state index in [0.29, 0.717) is 5.75 Å². The molecule has 0 atom stereocenters. The van der Waals surface area contributed by atoms with Crippen LogP contribution in [0, 0.1) is 6.92 Å². The third-order valence-electron chi connectivity index (χ3n) is 2.18. The summed E-state index contributed by atoms with van der Waals surface area (Å²) in [6.45, 7) is 1.86. The highest BCUT2D eigenvalue weighted by Crippen LogP contribution is 2.28. The van der Waals surface area contributed by atoms with Gasteiger partial charge in [-0.05, 0) is 6.92 Å². The van der Waals surface area contributed by atoms with Gasteiger partial charge in [0, 0.05) is 19.7 Å². The lowest BCUT2D eigenvalue weighted by Gasteiger charge is -2.18. The van der Waals surface area contributed by atoms with Gasteiger partial charge in [-0.15, -0.1) is 0 Å². The number of nitrogens with two attached hydrogens (primary N) is 1. The number of aromatic nitrogens is 1. The zero-order valence-corrected chi connectivity index (χ0v) is 9.37. The van der Waals surface area contributed by atoms with E-state index in [1.54, 1.807) is 6.20 Å². The minimum Gasteiger partial charge on any atom is -0.494 e. The van der Waals surface area contributed by atoms with E-state index in [1.807, 2.05) is 25.9 Å². The van der Waals surface area contributed by atoms with Gasteiger partial charge in [-0.25, -0.2) is 4.98 Å². The fourth-order valence-corrected chi connectivity index (χ4v) is 1.45. The van der Waals surface area contributed by atoms with Gasteiger partial charge in [0.15, 0.2) is 11.4 Å². The minimum atomic E-state index is -0.583. The van der Waals surface area contributed by atoms with E-state index in [0.717, 1.165) is 11.3 Å². The third-order valence-corrected chi connectivity index (χ3v) is 2.18. The lowest BCUT2D eigenvalue weighted by molar-refractivity contribution is 0.0992. The Bertz CT molecular complexity index is 388. The first-order valence-electron chi connectivity index (χ1n) is 4.49. The van der Waals surface area contributed by atoms with Crippen molar-refractivity contribution < 1.29 is 9.53 Å². The van der Waals surface area contributed by atoms with E-state index in [9.17, 15) is 4.79 Å². The second kappa shape index (κ2) is 4.16. The van der Waals surface area contributed by atoms with Crippen molar-refractivity contribution in [2.24, 2.45) is 5.73 Å². The summed E-state index contributed by atoms with van der Waals surface area (Å²) in [6, 6.07) is 0. The molecule has 0 unspecified atom stereocenters. The van der Waals surface area contributed by atoms with E-state index >= 15 is 0 Å². The van der Waals surface area contributed by atoms with Gasteiger partial charge in [-0.3, -0.25) is 4.79 Å². The van der Waals surface area contributed by atoms with E-state index in [4.69, 9.17) is 10.5 Å². The second-order valence-corrected chi connectivity index (χ2v) is 3.41. The number of ether oxygens (including phenoxy) is 1. The van der Waals surface area contributed by atoms with Crippen molar-refractivity contribution in [1.82, 2.24) is 4.98 Å². The third kappa shape index (κ3) is 2.01. The quantitative estimate of drug-likeness (QED) is 0.790. The van der Waals surface area contributed by atoms with Gasteiger partial charge in [0.2, 0.25) is 0 Å². The zero-order chi connectivity index (χ0) is 11.6. The first-order valence-corrected chi connectivity index (χ1v) is 4.49. The maximum Gasteiger partial charge on any atom is 0.271 e. The van der Waals surface area contributed by atoms with Crippen molar-refractivity contribution in [3.8, 4) is 5.75 Å². The molecule has 0 fully saturated rings. The van der Waals surface area contributed by atoms with Gasteiger partial charge in [0.25, 0.3) is 5.91 Å². The molecule has 0 aliphatic carbocycles. The summed E-state index contributed by atoms with van der Waals surface area (Å²) >= 11 is 0. The molecule has 1 aromatic heterocycles. The van der Waals surface area contributed by atoms with Crippen molar-refractivity contribution in [3.63, 3.8) is 0 Å².